The summed E-state index contributed by atoms with van der Waals surface area (Å²) in [5.74, 6) is -2.88. The highest BCUT2D eigenvalue weighted by atomic mass is 16.3. The van der Waals surface area contributed by atoms with E-state index >= 15 is 0 Å². The summed E-state index contributed by atoms with van der Waals surface area (Å²) in [6.07, 6.45) is -1.29. The molecule has 12 heavy (non-hydrogen) atoms. The molecule has 0 aliphatic rings. The van der Waals surface area contributed by atoms with Crippen molar-refractivity contribution in [2.24, 2.45) is 5.92 Å². The number of nitrogens with zero attached hydrogens (tertiary/aromatic N) is 1. The second-order valence-corrected chi connectivity index (χ2v) is 2.25. The summed E-state index contributed by atoms with van der Waals surface area (Å²) in [5.41, 5.74) is 0. The van der Waals surface area contributed by atoms with Crippen molar-refractivity contribution in [3.63, 3.8) is 0 Å². The first kappa shape index (κ1) is 10.6. The topological polar surface area (TPSA) is 90.2 Å². The Morgan fingerprint density at radius 2 is 2.08 bits per heavy atom. The molecule has 66 valence electrons. The lowest BCUT2D eigenvalue weighted by Crippen LogP contribution is -2.36. The number of aliphatic hydroxyl groups is 1. The lowest BCUT2D eigenvalue weighted by Gasteiger charge is -2.07. The maximum Gasteiger partial charge on any atom is 0.244 e. The minimum atomic E-state index is -1.41. The minimum Gasteiger partial charge on any atom is -0.386 e. The quantitative estimate of drug-likeness (QED) is 0.522. The first-order valence-corrected chi connectivity index (χ1v) is 3.37. The Labute approximate surface area is 70.0 Å². The van der Waals surface area contributed by atoms with Gasteiger partial charge in [-0.2, -0.15) is 5.26 Å². The minimum absolute atomic E-state index is 0.691. The van der Waals surface area contributed by atoms with Crippen LogP contribution in [0, 0.1) is 17.2 Å². The van der Waals surface area contributed by atoms with Gasteiger partial charge in [-0.3, -0.25) is 9.59 Å². The number of nitriles is 1. The van der Waals surface area contributed by atoms with Gasteiger partial charge in [-0.15, -0.1) is 0 Å². The maximum atomic E-state index is 10.9. The second-order valence-electron chi connectivity index (χ2n) is 2.25. The molecule has 5 nitrogen and oxygen atoms in total. The van der Waals surface area contributed by atoms with Crippen LogP contribution in [-0.4, -0.2) is 29.9 Å². The number of hydrogen-bond donors (Lipinski definition) is 2. The number of Topliss-reactive ketones (excluding diaryl/α,β-unsaturated/α-hetero) is 1. The van der Waals surface area contributed by atoms with E-state index < -0.39 is 23.7 Å². The molecule has 0 spiro atoms. The molecule has 0 heterocycles. The summed E-state index contributed by atoms with van der Waals surface area (Å²) in [4.78, 5) is 21.8. The van der Waals surface area contributed by atoms with E-state index in [1.54, 1.807) is 0 Å². The average molecular weight is 170 g/mol. The van der Waals surface area contributed by atoms with Crippen LogP contribution < -0.4 is 5.32 Å². The fraction of sp³-hybridized carbons (Fsp3) is 0.571. The molecule has 0 radical (unpaired) electrons. The van der Waals surface area contributed by atoms with Crippen LogP contribution in [-0.2, 0) is 9.59 Å². The smallest absolute Gasteiger partial charge is 0.244 e. The van der Waals surface area contributed by atoms with Crippen molar-refractivity contribution in [1.29, 1.82) is 5.26 Å². The summed E-state index contributed by atoms with van der Waals surface area (Å²) in [7, 11) is 1.32. The lowest BCUT2D eigenvalue weighted by molar-refractivity contribution is -0.135. The van der Waals surface area contributed by atoms with Gasteiger partial charge in [0.15, 0.2) is 11.7 Å². The van der Waals surface area contributed by atoms with Crippen molar-refractivity contribution in [2.75, 3.05) is 7.05 Å². The number of amides is 1. The van der Waals surface area contributed by atoms with E-state index in [-0.39, 0.29) is 0 Å². The van der Waals surface area contributed by atoms with Crippen LogP contribution >= 0.6 is 0 Å². The Bertz CT molecular complexity index is 229. The predicted molar refractivity (Wildman–Crippen MR) is 39.9 cm³/mol. The number of nitrogens with one attached hydrogen (secondary N) is 1. The second kappa shape index (κ2) is 4.46. The molecule has 2 atom stereocenters. The highest BCUT2D eigenvalue weighted by Gasteiger charge is 2.28. The van der Waals surface area contributed by atoms with Crippen LogP contribution in [0.5, 0.6) is 0 Å². The third-order valence-corrected chi connectivity index (χ3v) is 1.33. The molecule has 1 unspecified atom stereocenters. The van der Waals surface area contributed by atoms with Crippen LogP contribution in [0.1, 0.15) is 6.92 Å². The van der Waals surface area contributed by atoms with Crippen LogP contribution in [0.4, 0.5) is 0 Å². The molecule has 0 saturated heterocycles. The third-order valence-electron chi connectivity index (χ3n) is 1.33. The number of ketones is 1. The average Bonchev–Trinajstić information content (AvgIpc) is 2.05. The van der Waals surface area contributed by atoms with Crippen molar-refractivity contribution < 1.29 is 14.7 Å². The van der Waals surface area contributed by atoms with E-state index in [4.69, 9.17) is 10.4 Å². The van der Waals surface area contributed by atoms with E-state index in [0.717, 1.165) is 0 Å². The van der Waals surface area contributed by atoms with Crippen molar-refractivity contribution in [3.8, 4) is 6.07 Å². The van der Waals surface area contributed by atoms with Crippen LogP contribution in [0.25, 0.3) is 0 Å². The van der Waals surface area contributed by atoms with E-state index in [2.05, 4.69) is 5.32 Å². The molecule has 0 aliphatic carbocycles. The highest BCUT2D eigenvalue weighted by molar-refractivity contribution is 6.05. The Balaban J connectivity index is 4.49. The van der Waals surface area contributed by atoms with Gasteiger partial charge >= 0.3 is 0 Å². The van der Waals surface area contributed by atoms with E-state index in [1.807, 2.05) is 0 Å². The predicted octanol–water partition coefficient (Wildman–Crippen LogP) is -1.18. The monoisotopic (exact) mass is 170 g/mol. The van der Waals surface area contributed by atoms with E-state index in [0.29, 0.717) is 0 Å². The molecule has 0 aromatic rings. The molecule has 2 N–H and O–H groups in total. The van der Waals surface area contributed by atoms with E-state index in [1.165, 1.54) is 20.0 Å². The molecule has 0 rings (SSSR count). The van der Waals surface area contributed by atoms with Crippen molar-refractivity contribution >= 4 is 11.7 Å². The summed E-state index contributed by atoms with van der Waals surface area (Å²) >= 11 is 0. The van der Waals surface area contributed by atoms with Gasteiger partial charge in [-0.25, -0.2) is 0 Å². The highest BCUT2D eigenvalue weighted by Crippen LogP contribution is 2.00. The zero-order valence-electron chi connectivity index (χ0n) is 6.87. The normalized spacial score (nSPS) is 14.2. The Hall–Kier alpha value is -1.41. The van der Waals surface area contributed by atoms with Crippen molar-refractivity contribution in [2.45, 2.75) is 13.0 Å². The number of rotatable bonds is 3. The van der Waals surface area contributed by atoms with Gasteiger partial charge in [0.25, 0.3) is 0 Å². The fourth-order valence-electron chi connectivity index (χ4n) is 0.637. The largest absolute Gasteiger partial charge is 0.386 e. The van der Waals surface area contributed by atoms with Crippen molar-refractivity contribution in [3.05, 3.63) is 0 Å². The molecule has 0 aromatic carbocycles. The summed E-state index contributed by atoms with van der Waals surface area (Å²) in [6, 6.07) is 1.51. The van der Waals surface area contributed by atoms with Gasteiger partial charge in [0.1, 0.15) is 6.10 Å². The van der Waals surface area contributed by atoms with Crippen LogP contribution in [0.3, 0.4) is 0 Å². The third kappa shape index (κ3) is 2.32. The number of carbonyl (C=O) groups is 2. The van der Waals surface area contributed by atoms with Crippen LogP contribution in [0.15, 0.2) is 0 Å². The molecule has 0 aliphatic heterocycles. The van der Waals surface area contributed by atoms with Gasteiger partial charge in [-0.05, 0) is 6.92 Å². The first-order chi connectivity index (χ1) is 5.54. The zero-order chi connectivity index (χ0) is 9.72. The summed E-state index contributed by atoms with van der Waals surface area (Å²) < 4.78 is 0. The molecule has 0 bridgehead atoms. The van der Waals surface area contributed by atoms with Gasteiger partial charge < -0.3 is 10.4 Å². The van der Waals surface area contributed by atoms with Gasteiger partial charge in [0.05, 0.1) is 6.07 Å². The van der Waals surface area contributed by atoms with Crippen LogP contribution in [0.2, 0.25) is 0 Å². The molecule has 0 aromatic heterocycles. The molecule has 0 saturated carbocycles. The van der Waals surface area contributed by atoms with Gasteiger partial charge in [0, 0.05) is 7.05 Å². The number of aliphatic hydroxyl groups excluding tert-OH is 1. The molecule has 1 amide bonds. The fourth-order valence-corrected chi connectivity index (χ4v) is 0.637. The molecule has 0 fully saturated rings. The molecule has 5 heteroatoms. The zero-order valence-corrected chi connectivity index (χ0v) is 6.87. The Morgan fingerprint density at radius 1 is 1.58 bits per heavy atom. The Morgan fingerprint density at radius 3 is 2.33 bits per heavy atom. The Kier molecular flexibility index (Phi) is 3.94. The van der Waals surface area contributed by atoms with E-state index in [9.17, 15) is 9.59 Å². The van der Waals surface area contributed by atoms with Gasteiger partial charge in [-0.1, -0.05) is 0 Å². The van der Waals surface area contributed by atoms with Gasteiger partial charge in [0.2, 0.25) is 5.91 Å². The molecular weight excluding hydrogens is 160 g/mol. The summed E-state index contributed by atoms with van der Waals surface area (Å²) in [5, 5.41) is 19.3. The summed E-state index contributed by atoms with van der Waals surface area (Å²) in [6.45, 7) is 1.22. The van der Waals surface area contributed by atoms with Crippen molar-refractivity contribution in [1.82, 2.24) is 5.32 Å². The standard InChI is InChI=1S/C7H10N2O3/c1-4(10)6(11)5(3-8)7(12)9-2/h4-5,10H,1-2H3,(H,9,12)/t4-,5?/m1/s1. The molecular formula is C7H10N2O3. The SMILES string of the molecule is CNC(=O)C(C#N)C(=O)[C@@H](C)O. The number of carbonyl (C=O) groups excluding carboxylic acids is 2. The number of hydrogen-bond acceptors (Lipinski definition) is 4. The first-order valence-electron chi connectivity index (χ1n) is 3.37. The lowest BCUT2D eigenvalue weighted by atomic mass is 10.0. The maximum absolute atomic E-state index is 10.9.